The predicted molar refractivity (Wildman–Crippen MR) is 141 cm³/mol. The van der Waals surface area contributed by atoms with E-state index in [1.807, 2.05) is 0 Å². The maximum absolute atomic E-state index is 15.0. The Morgan fingerprint density at radius 3 is 2.51 bits per heavy atom. The predicted octanol–water partition coefficient (Wildman–Crippen LogP) is 4.64. The van der Waals surface area contributed by atoms with Gasteiger partial charge in [-0.05, 0) is 48.6 Å². The second-order valence-corrected chi connectivity index (χ2v) is 9.64. The fourth-order valence-corrected chi connectivity index (χ4v) is 4.82. The Balaban J connectivity index is 1.28. The molecule has 1 aliphatic heterocycles. The van der Waals surface area contributed by atoms with E-state index in [1.165, 1.54) is 25.4 Å². The van der Waals surface area contributed by atoms with Crippen LogP contribution >= 0.6 is 22.9 Å². The van der Waals surface area contributed by atoms with E-state index in [9.17, 15) is 14.4 Å². The Labute approximate surface area is 230 Å². The molecular weight excluding hydrogens is 549 g/mol. The molecule has 0 spiro atoms. The molecule has 39 heavy (non-hydrogen) atoms. The highest BCUT2D eigenvalue weighted by Crippen LogP contribution is 2.38. The molecule has 0 aliphatic carbocycles. The number of hydrogen-bond acceptors (Lipinski definition) is 9. The van der Waals surface area contributed by atoms with Gasteiger partial charge in [-0.25, -0.2) is 4.39 Å². The average Bonchev–Trinajstić information content (AvgIpc) is 3.47. The number of amides is 3. The molecular formula is C26H19ClFN5O5S. The molecule has 1 N–H and O–H groups in total. The second kappa shape index (κ2) is 10.8. The zero-order valence-corrected chi connectivity index (χ0v) is 22.1. The first-order valence-electron chi connectivity index (χ1n) is 11.5. The summed E-state index contributed by atoms with van der Waals surface area (Å²) in [5.41, 5.74) is 1.57. The van der Waals surface area contributed by atoms with Gasteiger partial charge in [0.2, 0.25) is 5.13 Å². The maximum Gasteiger partial charge on any atom is 0.295 e. The standard InChI is InChI=1S/C26H19ClFN5O5S/c1-13-11-16(20-19(37-2)8-7-18(27)21(20)28)17(12-29-13)22(34)30-25-31-32-26(39-25)38-10-9-33-23(35)14-5-3-4-6-15(14)24(33)36/h3-8,11-12H,9-10H2,1-2H3,(H,30,31,34). The molecule has 0 radical (unpaired) electrons. The van der Waals surface area contributed by atoms with Crippen LogP contribution in [0.5, 0.6) is 10.9 Å². The SMILES string of the molecule is COc1ccc(Cl)c(F)c1-c1cc(C)ncc1C(=O)Nc1nnc(OCCN2C(=O)c3ccccc3C2=O)s1. The summed E-state index contributed by atoms with van der Waals surface area (Å²) >= 11 is 6.94. The van der Waals surface area contributed by atoms with Crippen LogP contribution in [0.1, 0.15) is 36.8 Å². The molecule has 10 nitrogen and oxygen atoms in total. The van der Waals surface area contributed by atoms with Gasteiger partial charge in [0, 0.05) is 17.5 Å². The van der Waals surface area contributed by atoms with Gasteiger partial charge in [-0.2, -0.15) is 0 Å². The summed E-state index contributed by atoms with van der Waals surface area (Å²) < 4.78 is 25.9. The van der Waals surface area contributed by atoms with Crippen LogP contribution in [0.25, 0.3) is 11.1 Å². The topological polar surface area (TPSA) is 124 Å². The Kier molecular flexibility index (Phi) is 7.22. The van der Waals surface area contributed by atoms with Crippen LogP contribution in [0.3, 0.4) is 0 Å². The number of ether oxygens (including phenoxy) is 2. The Hall–Kier alpha value is -4.42. The van der Waals surface area contributed by atoms with Crippen molar-refractivity contribution in [1.29, 1.82) is 0 Å². The summed E-state index contributed by atoms with van der Waals surface area (Å²) in [7, 11) is 1.39. The second-order valence-electron chi connectivity index (χ2n) is 8.29. The van der Waals surface area contributed by atoms with Crippen LogP contribution in [0.2, 0.25) is 5.02 Å². The van der Waals surface area contributed by atoms with Crippen molar-refractivity contribution in [2.75, 3.05) is 25.6 Å². The average molecular weight is 568 g/mol. The summed E-state index contributed by atoms with van der Waals surface area (Å²) in [6.07, 6.45) is 1.32. The number of aromatic nitrogens is 3. The first-order chi connectivity index (χ1) is 18.8. The molecule has 0 bridgehead atoms. The zero-order valence-electron chi connectivity index (χ0n) is 20.5. The minimum Gasteiger partial charge on any atom is -0.496 e. The van der Waals surface area contributed by atoms with Gasteiger partial charge in [-0.1, -0.05) is 28.8 Å². The van der Waals surface area contributed by atoms with Crippen molar-refractivity contribution in [3.8, 4) is 22.1 Å². The van der Waals surface area contributed by atoms with E-state index in [4.69, 9.17) is 21.1 Å². The van der Waals surface area contributed by atoms with Gasteiger partial charge in [0.1, 0.15) is 12.4 Å². The van der Waals surface area contributed by atoms with Crippen LogP contribution in [-0.2, 0) is 0 Å². The molecule has 2 aromatic heterocycles. The number of carbonyl (C=O) groups excluding carboxylic acids is 3. The minimum absolute atomic E-state index is 0.0129. The lowest BCUT2D eigenvalue weighted by atomic mass is 9.98. The normalized spacial score (nSPS) is 12.5. The van der Waals surface area contributed by atoms with Crippen molar-refractivity contribution < 1.29 is 28.2 Å². The number of nitrogens with one attached hydrogen (secondary N) is 1. The van der Waals surface area contributed by atoms with E-state index in [1.54, 1.807) is 37.3 Å². The molecule has 0 atom stereocenters. The van der Waals surface area contributed by atoms with Crippen molar-refractivity contribution in [2.24, 2.45) is 0 Å². The lowest BCUT2D eigenvalue weighted by molar-refractivity contribution is 0.0631. The first kappa shape index (κ1) is 26.2. The summed E-state index contributed by atoms with van der Waals surface area (Å²) in [6, 6.07) is 11.0. The highest BCUT2D eigenvalue weighted by Gasteiger charge is 2.34. The smallest absolute Gasteiger partial charge is 0.295 e. The molecule has 3 amide bonds. The third-order valence-corrected chi connectivity index (χ3v) is 6.92. The number of hydrogen-bond donors (Lipinski definition) is 1. The molecule has 5 rings (SSSR count). The number of rotatable bonds is 8. The highest BCUT2D eigenvalue weighted by molar-refractivity contribution is 7.17. The van der Waals surface area contributed by atoms with Gasteiger partial charge in [0.15, 0.2) is 5.82 Å². The summed E-state index contributed by atoms with van der Waals surface area (Å²) in [5, 5.41) is 10.5. The van der Waals surface area contributed by atoms with Gasteiger partial charge < -0.3 is 9.47 Å². The summed E-state index contributed by atoms with van der Waals surface area (Å²) in [4.78, 5) is 43.4. The number of benzene rings is 2. The minimum atomic E-state index is -0.736. The highest BCUT2D eigenvalue weighted by atomic mass is 35.5. The molecule has 0 saturated heterocycles. The van der Waals surface area contributed by atoms with Crippen LogP contribution in [0, 0.1) is 12.7 Å². The van der Waals surface area contributed by atoms with Crippen molar-refractivity contribution in [2.45, 2.75) is 6.92 Å². The quantitative estimate of drug-likeness (QED) is 0.306. The van der Waals surface area contributed by atoms with E-state index in [0.29, 0.717) is 16.8 Å². The Bertz CT molecular complexity index is 1590. The number of carbonyl (C=O) groups is 3. The molecule has 13 heteroatoms. The number of fused-ring (bicyclic) bond motifs is 1. The number of halogens is 2. The first-order valence-corrected chi connectivity index (χ1v) is 12.7. The van der Waals surface area contributed by atoms with Crippen LogP contribution in [-0.4, -0.2) is 58.1 Å². The van der Waals surface area contributed by atoms with Crippen LogP contribution < -0.4 is 14.8 Å². The van der Waals surface area contributed by atoms with E-state index in [-0.39, 0.29) is 62.8 Å². The van der Waals surface area contributed by atoms with Gasteiger partial charge in [-0.15, -0.1) is 5.10 Å². The lowest BCUT2D eigenvalue weighted by Crippen LogP contribution is -2.33. The van der Waals surface area contributed by atoms with Crippen LogP contribution in [0.15, 0.2) is 48.7 Å². The fraction of sp³-hybridized carbons (Fsp3) is 0.154. The Morgan fingerprint density at radius 2 is 1.82 bits per heavy atom. The molecule has 2 aromatic carbocycles. The largest absolute Gasteiger partial charge is 0.496 e. The van der Waals surface area contributed by atoms with Gasteiger partial charge in [0.05, 0.1) is 40.9 Å². The van der Waals surface area contributed by atoms with E-state index in [0.717, 1.165) is 16.2 Å². The lowest BCUT2D eigenvalue weighted by Gasteiger charge is -2.14. The number of anilines is 1. The van der Waals surface area contributed by atoms with E-state index >= 15 is 4.39 Å². The fourth-order valence-electron chi connectivity index (χ4n) is 4.05. The third-order valence-electron chi connectivity index (χ3n) is 5.88. The molecule has 0 saturated carbocycles. The van der Waals surface area contributed by atoms with Crippen LogP contribution in [0.4, 0.5) is 9.52 Å². The van der Waals surface area contributed by atoms with E-state index < -0.39 is 11.7 Å². The molecule has 3 heterocycles. The van der Waals surface area contributed by atoms with Gasteiger partial charge in [-0.3, -0.25) is 29.6 Å². The number of pyridine rings is 1. The van der Waals surface area contributed by atoms with Crippen molar-refractivity contribution in [3.05, 3.63) is 81.9 Å². The van der Waals surface area contributed by atoms with E-state index in [2.05, 4.69) is 20.5 Å². The molecule has 0 fully saturated rings. The number of methoxy groups -OCH3 is 1. The number of imide groups is 1. The monoisotopic (exact) mass is 567 g/mol. The third kappa shape index (κ3) is 5.03. The number of nitrogens with zero attached hydrogens (tertiary/aromatic N) is 4. The van der Waals surface area contributed by atoms with Crippen molar-refractivity contribution in [3.63, 3.8) is 0 Å². The Morgan fingerprint density at radius 1 is 1.10 bits per heavy atom. The molecule has 0 unspecified atom stereocenters. The summed E-state index contributed by atoms with van der Waals surface area (Å²) in [5.74, 6) is -1.94. The van der Waals surface area contributed by atoms with Gasteiger partial charge in [0.25, 0.3) is 22.9 Å². The van der Waals surface area contributed by atoms with Crippen molar-refractivity contribution in [1.82, 2.24) is 20.1 Å². The van der Waals surface area contributed by atoms with Gasteiger partial charge >= 0.3 is 0 Å². The zero-order chi connectivity index (χ0) is 27.7. The van der Waals surface area contributed by atoms with Crippen molar-refractivity contribution >= 4 is 45.8 Å². The molecule has 1 aliphatic rings. The maximum atomic E-state index is 15.0. The molecule has 4 aromatic rings. The summed E-state index contributed by atoms with van der Waals surface area (Å²) in [6.45, 7) is 1.70. The number of aryl methyl sites for hydroxylation is 1. The molecule has 198 valence electrons.